The van der Waals surface area contributed by atoms with Gasteiger partial charge in [-0.1, -0.05) is 0 Å². The summed E-state index contributed by atoms with van der Waals surface area (Å²) in [7, 11) is 0. The van der Waals surface area contributed by atoms with Crippen molar-refractivity contribution in [2.45, 2.75) is 13.2 Å². The summed E-state index contributed by atoms with van der Waals surface area (Å²) in [6, 6.07) is -0.367. The molecular formula is C5H8N2O2. The Balaban J connectivity index is 2.67. The number of hydrogen-bond donors (Lipinski definition) is 3. The van der Waals surface area contributed by atoms with Crippen molar-refractivity contribution < 1.29 is 9.90 Å². The molecule has 1 heterocycles. The Labute approximate surface area is 52.6 Å². The maximum Gasteiger partial charge on any atom is 0.321 e. The number of amides is 2. The molecule has 1 aliphatic heterocycles. The van der Waals surface area contributed by atoms with Crippen LogP contribution in [-0.4, -0.2) is 17.4 Å². The molecule has 0 spiro atoms. The number of nitrogens with one attached hydrogen (secondary N) is 2. The van der Waals surface area contributed by atoms with Crippen LogP contribution in [0.15, 0.2) is 11.8 Å². The van der Waals surface area contributed by atoms with Gasteiger partial charge in [-0.15, -0.1) is 0 Å². The highest BCUT2D eigenvalue weighted by atomic mass is 16.3. The lowest BCUT2D eigenvalue weighted by molar-refractivity contribution is 0.165. The molecule has 50 valence electrons. The van der Waals surface area contributed by atoms with Crippen LogP contribution in [0.2, 0.25) is 0 Å². The Bertz CT molecular complexity index is 164. The first kappa shape index (κ1) is 6.10. The topological polar surface area (TPSA) is 61.4 Å². The van der Waals surface area contributed by atoms with Crippen LogP contribution in [0, 0.1) is 0 Å². The fraction of sp³-hybridized carbons (Fsp3) is 0.400. The third-order valence-corrected chi connectivity index (χ3v) is 1.13. The molecule has 0 aliphatic carbocycles. The average Bonchev–Trinajstić information content (AvgIpc) is 1.80. The highest BCUT2D eigenvalue weighted by Gasteiger charge is 2.13. The van der Waals surface area contributed by atoms with Crippen LogP contribution in [-0.2, 0) is 0 Å². The van der Waals surface area contributed by atoms with E-state index in [4.69, 9.17) is 5.11 Å². The number of carbonyl (C=O) groups excluding carboxylic acids is 1. The molecule has 0 aromatic rings. The van der Waals surface area contributed by atoms with Gasteiger partial charge in [-0.3, -0.25) is 0 Å². The van der Waals surface area contributed by atoms with Crippen molar-refractivity contribution in [3.63, 3.8) is 0 Å². The van der Waals surface area contributed by atoms with E-state index in [1.165, 1.54) is 6.20 Å². The average molecular weight is 128 g/mol. The predicted octanol–water partition coefficient (Wildman–Crippen LogP) is -0.479. The lowest BCUT2D eigenvalue weighted by Gasteiger charge is -2.17. The first-order chi connectivity index (χ1) is 4.20. The van der Waals surface area contributed by atoms with Crippen LogP contribution in [0.3, 0.4) is 0 Å². The van der Waals surface area contributed by atoms with Gasteiger partial charge in [0, 0.05) is 6.20 Å². The van der Waals surface area contributed by atoms with Crippen molar-refractivity contribution in [2.24, 2.45) is 0 Å². The first-order valence-corrected chi connectivity index (χ1v) is 2.62. The standard InChI is InChI=1S/C5H8N2O2/c1-3-2-6-5(9)7-4(3)8/h2,4,8H,1H3,(H2,6,7,9)/t4-/m0/s1. The number of hydrogen-bond acceptors (Lipinski definition) is 2. The molecule has 1 aliphatic rings. The van der Waals surface area contributed by atoms with Gasteiger partial charge in [-0.05, 0) is 12.5 Å². The smallest absolute Gasteiger partial charge is 0.321 e. The van der Waals surface area contributed by atoms with Gasteiger partial charge in [0.15, 0.2) is 6.23 Å². The zero-order valence-corrected chi connectivity index (χ0v) is 5.01. The minimum absolute atomic E-state index is 0.367. The molecule has 4 heteroatoms. The van der Waals surface area contributed by atoms with E-state index in [9.17, 15) is 4.79 Å². The Kier molecular flexibility index (Phi) is 1.40. The van der Waals surface area contributed by atoms with Crippen molar-refractivity contribution in [1.82, 2.24) is 10.6 Å². The molecule has 2 amide bonds. The molecule has 0 bridgehead atoms. The summed E-state index contributed by atoms with van der Waals surface area (Å²) >= 11 is 0. The highest BCUT2D eigenvalue weighted by molar-refractivity contribution is 5.76. The van der Waals surface area contributed by atoms with Gasteiger partial charge in [-0.2, -0.15) is 0 Å². The summed E-state index contributed by atoms with van der Waals surface area (Å²) in [6.45, 7) is 1.72. The zero-order valence-electron chi connectivity index (χ0n) is 5.01. The van der Waals surface area contributed by atoms with Gasteiger partial charge in [-0.25, -0.2) is 4.79 Å². The Morgan fingerprint density at radius 2 is 2.44 bits per heavy atom. The Morgan fingerprint density at radius 1 is 1.78 bits per heavy atom. The molecule has 0 saturated heterocycles. The van der Waals surface area contributed by atoms with E-state index in [1.807, 2.05) is 0 Å². The maximum atomic E-state index is 10.4. The first-order valence-electron chi connectivity index (χ1n) is 2.62. The van der Waals surface area contributed by atoms with E-state index in [-0.39, 0.29) is 6.03 Å². The van der Waals surface area contributed by atoms with E-state index in [2.05, 4.69) is 10.6 Å². The summed E-state index contributed by atoms with van der Waals surface area (Å²) in [5.41, 5.74) is 0.703. The number of aliphatic hydroxyl groups excluding tert-OH is 1. The Morgan fingerprint density at radius 3 is 2.89 bits per heavy atom. The normalized spacial score (nSPS) is 26.2. The number of carbonyl (C=O) groups is 1. The zero-order chi connectivity index (χ0) is 6.85. The third-order valence-electron chi connectivity index (χ3n) is 1.13. The molecule has 1 rings (SSSR count). The molecule has 0 radical (unpaired) electrons. The summed E-state index contributed by atoms with van der Waals surface area (Å²) in [5, 5.41) is 13.6. The van der Waals surface area contributed by atoms with Crippen LogP contribution >= 0.6 is 0 Å². The van der Waals surface area contributed by atoms with E-state index < -0.39 is 6.23 Å². The second-order valence-electron chi connectivity index (χ2n) is 1.91. The summed E-state index contributed by atoms with van der Waals surface area (Å²) in [6.07, 6.45) is 0.655. The number of urea groups is 1. The van der Waals surface area contributed by atoms with Gasteiger partial charge in [0.1, 0.15) is 0 Å². The molecule has 1 atom stereocenters. The third kappa shape index (κ3) is 1.20. The van der Waals surface area contributed by atoms with E-state index in [0.717, 1.165) is 0 Å². The molecule has 0 fully saturated rings. The molecule has 0 unspecified atom stereocenters. The largest absolute Gasteiger partial charge is 0.370 e. The summed E-state index contributed by atoms with van der Waals surface area (Å²) < 4.78 is 0. The van der Waals surface area contributed by atoms with Gasteiger partial charge >= 0.3 is 6.03 Å². The van der Waals surface area contributed by atoms with Crippen molar-refractivity contribution >= 4 is 6.03 Å². The monoisotopic (exact) mass is 128 g/mol. The van der Waals surface area contributed by atoms with Crippen molar-refractivity contribution in [3.8, 4) is 0 Å². The van der Waals surface area contributed by atoms with Crippen LogP contribution in [0.1, 0.15) is 6.92 Å². The van der Waals surface area contributed by atoms with Crippen LogP contribution in [0.4, 0.5) is 4.79 Å². The maximum absolute atomic E-state index is 10.4. The molecular weight excluding hydrogens is 120 g/mol. The van der Waals surface area contributed by atoms with Gasteiger partial charge in [0.25, 0.3) is 0 Å². The van der Waals surface area contributed by atoms with Gasteiger partial charge in [0.05, 0.1) is 0 Å². The quantitative estimate of drug-likeness (QED) is 0.412. The molecule has 9 heavy (non-hydrogen) atoms. The predicted molar refractivity (Wildman–Crippen MR) is 31.4 cm³/mol. The SMILES string of the molecule is CC1=CNC(=O)N[C@H]1O. The van der Waals surface area contributed by atoms with Gasteiger partial charge < -0.3 is 15.7 Å². The van der Waals surface area contributed by atoms with E-state index in [0.29, 0.717) is 5.57 Å². The number of rotatable bonds is 0. The molecule has 0 saturated carbocycles. The highest BCUT2D eigenvalue weighted by Crippen LogP contribution is 1.98. The number of aliphatic hydroxyl groups is 1. The van der Waals surface area contributed by atoms with Crippen molar-refractivity contribution in [3.05, 3.63) is 11.8 Å². The van der Waals surface area contributed by atoms with E-state index in [1.54, 1.807) is 6.92 Å². The minimum atomic E-state index is -0.821. The molecule has 3 N–H and O–H groups in total. The summed E-state index contributed by atoms with van der Waals surface area (Å²) in [5.74, 6) is 0. The lowest BCUT2D eigenvalue weighted by Crippen LogP contribution is -2.45. The van der Waals surface area contributed by atoms with Gasteiger partial charge in [0.2, 0.25) is 0 Å². The Hall–Kier alpha value is -1.03. The summed E-state index contributed by atoms with van der Waals surface area (Å²) in [4.78, 5) is 10.4. The molecule has 0 aromatic heterocycles. The minimum Gasteiger partial charge on any atom is -0.370 e. The molecule has 0 aromatic carbocycles. The van der Waals surface area contributed by atoms with Crippen molar-refractivity contribution in [1.29, 1.82) is 0 Å². The fourth-order valence-electron chi connectivity index (χ4n) is 0.538. The lowest BCUT2D eigenvalue weighted by atomic mass is 10.3. The fourth-order valence-corrected chi connectivity index (χ4v) is 0.538. The van der Waals surface area contributed by atoms with Crippen LogP contribution in [0.25, 0.3) is 0 Å². The second kappa shape index (κ2) is 2.06. The van der Waals surface area contributed by atoms with Crippen LogP contribution < -0.4 is 10.6 Å². The van der Waals surface area contributed by atoms with E-state index >= 15 is 0 Å². The second-order valence-corrected chi connectivity index (χ2v) is 1.91. The van der Waals surface area contributed by atoms with Crippen LogP contribution in [0.5, 0.6) is 0 Å². The molecule has 4 nitrogen and oxygen atoms in total. The van der Waals surface area contributed by atoms with Crippen molar-refractivity contribution in [2.75, 3.05) is 0 Å².